The normalized spacial score (nSPS) is 11.3. The maximum atomic E-state index is 13.3. The summed E-state index contributed by atoms with van der Waals surface area (Å²) in [5, 5.41) is 2.50. The third-order valence-corrected chi connectivity index (χ3v) is 5.69. The van der Waals surface area contributed by atoms with Gasteiger partial charge in [-0.15, -0.1) is 0 Å². The first-order valence-corrected chi connectivity index (χ1v) is 9.36. The molecule has 2 heterocycles. The van der Waals surface area contributed by atoms with E-state index < -0.39 is 10.0 Å². The average molecular weight is 373 g/mol. The van der Waals surface area contributed by atoms with E-state index in [2.05, 4.69) is 5.32 Å². The van der Waals surface area contributed by atoms with Crippen LogP contribution in [0.5, 0.6) is 0 Å². The molecule has 2 aromatic heterocycles. The number of nitrogens with zero attached hydrogens (tertiary/aromatic N) is 2. The Labute approximate surface area is 151 Å². The van der Waals surface area contributed by atoms with Crippen LogP contribution in [-0.2, 0) is 23.6 Å². The second-order valence-corrected chi connectivity index (χ2v) is 7.54. The van der Waals surface area contributed by atoms with Gasteiger partial charge in [0.05, 0.1) is 18.5 Å². The second kappa shape index (κ2) is 7.09. The summed E-state index contributed by atoms with van der Waals surface area (Å²) < 4.78 is 34.6. The lowest BCUT2D eigenvalue weighted by Crippen LogP contribution is -2.30. The number of hydrogen-bond donors (Lipinski definition) is 1. The van der Waals surface area contributed by atoms with E-state index in [-0.39, 0.29) is 23.0 Å². The van der Waals surface area contributed by atoms with Crippen molar-refractivity contribution < 1.29 is 17.6 Å². The number of amides is 1. The molecule has 0 aliphatic rings. The lowest BCUT2D eigenvalue weighted by Gasteiger charge is -2.23. The number of sulfonamides is 1. The number of nitrogens with one attached hydrogen (secondary N) is 1. The van der Waals surface area contributed by atoms with Crippen LogP contribution >= 0.6 is 0 Å². The highest BCUT2D eigenvalue weighted by Gasteiger charge is 2.28. The van der Waals surface area contributed by atoms with Gasteiger partial charge in [-0.3, -0.25) is 9.10 Å². The summed E-state index contributed by atoms with van der Waals surface area (Å²) in [6.07, 6.45) is 2.93. The number of benzene rings is 1. The maximum Gasteiger partial charge on any atom is 0.267 e. The van der Waals surface area contributed by atoms with Crippen LogP contribution in [0.2, 0.25) is 0 Å². The van der Waals surface area contributed by atoms with E-state index in [4.69, 9.17) is 4.42 Å². The number of anilines is 1. The molecule has 136 valence electrons. The lowest BCUT2D eigenvalue weighted by atomic mass is 10.3. The second-order valence-electron chi connectivity index (χ2n) is 5.68. The summed E-state index contributed by atoms with van der Waals surface area (Å²) >= 11 is 0. The molecule has 1 N–H and O–H groups in total. The Balaban J connectivity index is 2.06. The lowest BCUT2D eigenvalue weighted by molar-refractivity contribution is 0.0955. The molecule has 0 unspecified atom stereocenters. The maximum absolute atomic E-state index is 13.3. The average Bonchev–Trinajstić information content (AvgIpc) is 3.29. The molecule has 0 atom stereocenters. The fraction of sp³-hybridized carbons (Fsp3) is 0.167. The SMILES string of the molecule is CNC(=O)c1cc(S(=O)(=O)N(Cc2ccco2)c2ccccc2)cn1C. The molecule has 0 fully saturated rings. The van der Waals surface area contributed by atoms with Crippen molar-refractivity contribution in [2.75, 3.05) is 11.4 Å². The fourth-order valence-corrected chi connectivity index (χ4v) is 4.11. The van der Waals surface area contributed by atoms with Crippen LogP contribution in [0.4, 0.5) is 5.69 Å². The number of rotatable bonds is 6. The Morgan fingerprint density at radius 2 is 1.92 bits per heavy atom. The quantitative estimate of drug-likeness (QED) is 0.719. The molecule has 1 aromatic carbocycles. The van der Waals surface area contributed by atoms with E-state index in [0.717, 1.165) is 0 Å². The van der Waals surface area contributed by atoms with E-state index in [1.54, 1.807) is 43.4 Å². The standard InChI is InChI=1S/C18H19N3O4S/c1-19-18(22)17-11-16(13-20(17)2)26(23,24)21(12-15-9-6-10-25-15)14-7-4-3-5-8-14/h3-11,13H,12H2,1-2H3,(H,19,22). The summed E-state index contributed by atoms with van der Waals surface area (Å²) in [6.45, 7) is 0.0452. The zero-order valence-electron chi connectivity index (χ0n) is 14.4. The molecule has 0 bridgehead atoms. The largest absolute Gasteiger partial charge is 0.467 e. The molecule has 0 spiro atoms. The minimum atomic E-state index is -3.90. The van der Waals surface area contributed by atoms with Crippen molar-refractivity contribution in [2.24, 2.45) is 7.05 Å². The van der Waals surface area contributed by atoms with Gasteiger partial charge in [-0.05, 0) is 30.3 Å². The van der Waals surface area contributed by atoms with Crippen LogP contribution in [0.25, 0.3) is 0 Å². The fourth-order valence-electron chi connectivity index (χ4n) is 2.61. The topological polar surface area (TPSA) is 84.6 Å². The van der Waals surface area contributed by atoms with Crippen molar-refractivity contribution >= 4 is 21.6 Å². The minimum Gasteiger partial charge on any atom is -0.467 e. The van der Waals surface area contributed by atoms with Crippen LogP contribution in [0.15, 0.2) is 70.3 Å². The van der Waals surface area contributed by atoms with Crippen LogP contribution < -0.4 is 9.62 Å². The summed E-state index contributed by atoms with van der Waals surface area (Å²) in [5.41, 5.74) is 0.770. The van der Waals surface area contributed by atoms with Crippen molar-refractivity contribution in [3.05, 3.63) is 72.4 Å². The van der Waals surface area contributed by atoms with Gasteiger partial charge in [0.1, 0.15) is 16.3 Å². The number of aromatic nitrogens is 1. The van der Waals surface area contributed by atoms with Gasteiger partial charge in [-0.25, -0.2) is 8.42 Å². The third-order valence-electron chi connectivity index (χ3n) is 3.95. The van der Waals surface area contributed by atoms with Gasteiger partial charge in [-0.1, -0.05) is 18.2 Å². The van der Waals surface area contributed by atoms with Gasteiger partial charge in [0.25, 0.3) is 15.9 Å². The highest BCUT2D eigenvalue weighted by Crippen LogP contribution is 2.27. The number of para-hydroxylation sites is 1. The van der Waals surface area contributed by atoms with Crippen LogP contribution in [0, 0.1) is 0 Å². The van der Waals surface area contributed by atoms with E-state index in [0.29, 0.717) is 11.4 Å². The van der Waals surface area contributed by atoms with Crippen molar-refractivity contribution in [3.8, 4) is 0 Å². The minimum absolute atomic E-state index is 0.0361. The number of carbonyl (C=O) groups excluding carboxylic acids is 1. The Morgan fingerprint density at radius 1 is 1.19 bits per heavy atom. The highest BCUT2D eigenvalue weighted by atomic mass is 32.2. The zero-order valence-corrected chi connectivity index (χ0v) is 15.2. The molecule has 26 heavy (non-hydrogen) atoms. The molecule has 8 heteroatoms. The van der Waals surface area contributed by atoms with Crippen LogP contribution in [-0.4, -0.2) is 25.9 Å². The Bertz CT molecular complexity index is 993. The monoisotopic (exact) mass is 373 g/mol. The predicted octanol–water partition coefficient (Wildman–Crippen LogP) is 2.37. The number of aryl methyl sites for hydroxylation is 1. The van der Waals surface area contributed by atoms with Gasteiger partial charge in [-0.2, -0.15) is 0 Å². The molecule has 0 aliphatic carbocycles. The van der Waals surface area contributed by atoms with E-state index in [1.807, 2.05) is 6.07 Å². The zero-order chi connectivity index (χ0) is 18.7. The molecule has 3 aromatic rings. The van der Waals surface area contributed by atoms with E-state index in [1.165, 1.54) is 34.4 Å². The summed E-state index contributed by atoms with van der Waals surface area (Å²) in [5.74, 6) is 0.158. The van der Waals surface area contributed by atoms with Gasteiger partial charge in [0.15, 0.2) is 0 Å². The van der Waals surface area contributed by atoms with Gasteiger partial charge >= 0.3 is 0 Å². The molecule has 1 amide bonds. The van der Waals surface area contributed by atoms with Crippen molar-refractivity contribution in [3.63, 3.8) is 0 Å². The predicted molar refractivity (Wildman–Crippen MR) is 97.3 cm³/mol. The van der Waals surface area contributed by atoms with E-state index >= 15 is 0 Å². The molecule has 0 radical (unpaired) electrons. The van der Waals surface area contributed by atoms with Crippen LogP contribution in [0.3, 0.4) is 0 Å². The molecule has 3 rings (SSSR count). The Hall–Kier alpha value is -3.00. The smallest absolute Gasteiger partial charge is 0.267 e. The van der Waals surface area contributed by atoms with Crippen molar-refractivity contribution in [1.82, 2.24) is 9.88 Å². The first-order chi connectivity index (χ1) is 12.4. The molecule has 0 aliphatic heterocycles. The Kier molecular flexibility index (Phi) is 4.85. The van der Waals surface area contributed by atoms with Gasteiger partial charge in [0.2, 0.25) is 0 Å². The summed E-state index contributed by atoms with van der Waals surface area (Å²) in [4.78, 5) is 12.0. The molecule has 0 saturated carbocycles. The van der Waals surface area contributed by atoms with Gasteiger partial charge < -0.3 is 14.3 Å². The number of hydrogen-bond acceptors (Lipinski definition) is 4. The molecule has 7 nitrogen and oxygen atoms in total. The summed E-state index contributed by atoms with van der Waals surface area (Å²) in [6, 6.07) is 13.6. The van der Waals surface area contributed by atoms with Crippen molar-refractivity contribution in [1.29, 1.82) is 0 Å². The number of furan rings is 1. The first-order valence-electron chi connectivity index (χ1n) is 7.92. The molecule has 0 saturated heterocycles. The van der Waals surface area contributed by atoms with Gasteiger partial charge in [0, 0.05) is 20.3 Å². The van der Waals surface area contributed by atoms with Crippen molar-refractivity contribution in [2.45, 2.75) is 11.4 Å². The van der Waals surface area contributed by atoms with E-state index in [9.17, 15) is 13.2 Å². The number of carbonyl (C=O) groups is 1. The van der Waals surface area contributed by atoms with Crippen LogP contribution in [0.1, 0.15) is 16.2 Å². The first kappa shape index (κ1) is 17.8. The highest BCUT2D eigenvalue weighted by molar-refractivity contribution is 7.92. The third kappa shape index (κ3) is 3.36. The Morgan fingerprint density at radius 3 is 2.54 bits per heavy atom. The molecular formula is C18H19N3O4S. The summed E-state index contributed by atoms with van der Waals surface area (Å²) in [7, 11) is -0.776. The molecular weight excluding hydrogens is 354 g/mol.